The molecule has 0 saturated heterocycles. The Kier molecular flexibility index (Phi) is 6.40. The average molecular weight is 393 g/mol. The van der Waals surface area contributed by atoms with Gasteiger partial charge in [0, 0.05) is 12.1 Å². The maximum atomic E-state index is 12.7. The van der Waals surface area contributed by atoms with E-state index < -0.39 is 14.9 Å². The van der Waals surface area contributed by atoms with E-state index in [2.05, 4.69) is 10.0 Å². The third-order valence-electron chi connectivity index (χ3n) is 4.18. The van der Waals surface area contributed by atoms with Gasteiger partial charge in [-0.1, -0.05) is 24.6 Å². The summed E-state index contributed by atoms with van der Waals surface area (Å²) in [4.78, 5) is 10.5. The van der Waals surface area contributed by atoms with Crippen molar-refractivity contribution in [3.8, 4) is 0 Å². The Morgan fingerprint density at radius 3 is 2.37 bits per heavy atom. The Balaban J connectivity index is 2.39. The standard InChI is InChI=1S/C18H23N3O5S/c1-4-14(11-22)19-17-8-6-15(10-18(17)21(23)24)27(25,26)20-16-7-5-12(2)9-13(16)3/h5-10,14,19-20,22H,4,11H2,1-3H3/t14-/m1/s1. The number of aliphatic hydroxyl groups excluding tert-OH is 1. The van der Waals surface area contributed by atoms with Crippen molar-refractivity contribution in [2.24, 2.45) is 0 Å². The summed E-state index contributed by atoms with van der Waals surface area (Å²) in [6.45, 7) is 5.31. The van der Waals surface area contributed by atoms with Crippen molar-refractivity contribution in [3.05, 3.63) is 57.6 Å². The van der Waals surface area contributed by atoms with Gasteiger partial charge in [-0.2, -0.15) is 0 Å². The van der Waals surface area contributed by atoms with E-state index in [9.17, 15) is 23.6 Å². The monoisotopic (exact) mass is 393 g/mol. The van der Waals surface area contributed by atoms with E-state index in [0.717, 1.165) is 17.2 Å². The molecule has 2 aromatic carbocycles. The number of nitrogens with zero attached hydrogens (tertiary/aromatic N) is 1. The Morgan fingerprint density at radius 1 is 1.15 bits per heavy atom. The minimum Gasteiger partial charge on any atom is -0.394 e. The van der Waals surface area contributed by atoms with Crippen LogP contribution in [0.3, 0.4) is 0 Å². The van der Waals surface area contributed by atoms with Crippen LogP contribution >= 0.6 is 0 Å². The van der Waals surface area contributed by atoms with Crippen LogP contribution < -0.4 is 10.0 Å². The second kappa shape index (κ2) is 8.36. The van der Waals surface area contributed by atoms with Crippen LogP contribution in [0.2, 0.25) is 0 Å². The third kappa shape index (κ3) is 4.95. The van der Waals surface area contributed by atoms with Crippen LogP contribution in [-0.2, 0) is 10.0 Å². The molecule has 0 amide bonds. The van der Waals surface area contributed by atoms with Crippen molar-refractivity contribution >= 4 is 27.1 Å². The van der Waals surface area contributed by atoms with Gasteiger partial charge in [-0.15, -0.1) is 0 Å². The van der Waals surface area contributed by atoms with Gasteiger partial charge in [-0.05, 0) is 44.0 Å². The van der Waals surface area contributed by atoms with Crippen molar-refractivity contribution in [1.29, 1.82) is 0 Å². The van der Waals surface area contributed by atoms with Gasteiger partial charge in [0.05, 0.1) is 22.1 Å². The molecule has 0 unspecified atom stereocenters. The van der Waals surface area contributed by atoms with E-state index in [1.807, 2.05) is 19.9 Å². The van der Waals surface area contributed by atoms with Gasteiger partial charge in [0.15, 0.2) is 0 Å². The molecule has 0 fully saturated rings. The Morgan fingerprint density at radius 2 is 1.81 bits per heavy atom. The quantitative estimate of drug-likeness (QED) is 0.468. The summed E-state index contributed by atoms with van der Waals surface area (Å²) in [5, 5.41) is 23.5. The first-order valence-corrected chi connectivity index (χ1v) is 9.92. The summed E-state index contributed by atoms with van der Waals surface area (Å²) in [5.74, 6) is 0. The van der Waals surface area contributed by atoms with Crippen molar-refractivity contribution in [2.45, 2.75) is 38.1 Å². The molecule has 0 heterocycles. The summed E-state index contributed by atoms with van der Waals surface area (Å²) >= 11 is 0. The molecule has 2 aromatic rings. The number of benzene rings is 2. The summed E-state index contributed by atoms with van der Waals surface area (Å²) in [6, 6.07) is 8.56. The SMILES string of the molecule is CC[C@H](CO)Nc1ccc(S(=O)(=O)Nc2ccc(C)cc2C)cc1[N+](=O)[O-]. The highest BCUT2D eigenvalue weighted by atomic mass is 32.2. The van der Waals surface area contributed by atoms with Gasteiger partial charge in [-0.25, -0.2) is 8.42 Å². The molecule has 146 valence electrons. The molecule has 0 aliphatic heterocycles. The van der Waals surface area contributed by atoms with Crippen LogP contribution in [0.4, 0.5) is 17.1 Å². The lowest BCUT2D eigenvalue weighted by Crippen LogP contribution is -2.23. The fourth-order valence-corrected chi connectivity index (χ4v) is 3.73. The number of aryl methyl sites for hydroxylation is 2. The number of hydrogen-bond acceptors (Lipinski definition) is 6. The zero-order valence-corrected chi connectivity index (χ0v) is 16.2. The van der Waals surface area contributed by atoms with Crippen LogP contribution in [0.25, 0.3) is 0 Å². The first-order valence-electron chi connectivity index (χ1n) is 8.43. The number of nitro groups is 1. The number of anilines is 2. The molecule has 1 atom stereocenters. The number of aliphatic hydroxyl groups is 1. The molecular formula is C18H23N3O5S. The molecule has 9 heteroatoms. The molecule has 27 heavy (non-hydrogen) atoms. The van der Waals surface area contributed by atoms with Crippen LogP contribution in [0, 0.1) is 24.0 Å². The molecule has 0 aliphatic carbocycles. The lowest BCUT2D eigenvalue weighted by Gasteiger charge is -2.16. The van der Waals surface area contributed by atoms with Crippen molar-refractivity contribution in [3.63, 3.8) is 0 Å². The van der Waals surface area contributed by atoms with Crippen molar-refractivity contribution in [2.75, 3.05) is 16.6 Å². The van der Waals surface area contributed by atoms with Crippen LogP contribution in [-0.4, -0.2) is 31.1 Å². The summed E-state index contributed by atoms with van der Waals surface area (Å²) in [7, 11) is -3.99. The molecule has 2 rings (SSSR count). The van der Waals surface area contributed by atoms with E-state index in [1.165, 1.54) is 12.1 Å². The molecule has 0 aromatic heterocycles. The largest absolute Gasteiger partial charge is 0.394 e. The Bertz CT molecular complexity index is 940. The van der Waals surface area contributed by atoms with E-state index in [1.54, 1.807) is 19.1 Å². The van der Waals surface area contributed by atoms with E-state index in [0.29, 0.717) is 12.1 Å². The highest BCUT2D eigenvalue weighted by Gasteiger charge is 2.23. The summed E-state index contributed by atoms with van der Waals surface area (Å²) in [6.07, 6.45) is 0.558. The van der Waals surface area contributed by atoms with Crippen LogP contribution in [0.1, 0.15) is 24.5 Å². The topological polar surface area (TPSA) is 122 Å². The van der Waals surface area contributed by atoms with Gasteiger partial charge in [0.2, 0.25) is 0 Å². The normalized spacial score (nSPS) is 12.4. The first kappa shape index (κ1) is 20.7. The maximum absolute atomic E-state index is 12.7. The number of rotatable bonds is 8. The fourth-order valence-electron chi connectivity index (χ4n) is 2.58. The number of hydrogen-bond donors (Lipinski definition) is 3. The minimum atomic E-state index is -3.99. The summed E-state index contributed by atoms with van der Waals surface area (Å²) < 4.78 is 27.8. The lowest BCUT2D eigenvalue weighted by molar-refractivity contribution is -0.384. The molecular weight excluding hydrogens is 370 g/mol. The van der Waals surface area contributed by atoms with Gasteiger partial charge in [0.1, 0.15) is 5.69 Å². The number of sulfonamides is 1. The Labute approximate surface area is 158 Å². The molecule has 0 aliphatic rings. The van der Waals surface area contributed by atoms with Crippen molar-refractivity contribution in [1.82, 2.24) is 0 Å². The van der Waals surface area contributed by atoms with Gasteiger partial charge in [0.25, 0.3) is 15.7 Å². The average Bonchev–Trinajstić information content (AvgIpc) is 2.61. The van der Waals surface area contributed by atoms with E-state index in [-0.39, 0.29) is 28.9 Å². The maximum Gasteiger partial charge on any atom is 0.293 e. The third-order valence-corrected chi connectivity index (χ3v) is 5.54. The number of nitrogens with one attached hydrogen (secondary N) is 2. The molecule has 0 bridgehead atoms. The van der Waals surface area contributed by atoms with Gasteiger partial charge in [-0.3, -0.25) is 14.8 Å². The fraction of sp³-hybridized carbons (Fsp3) is 0.333. The van der Waals surface area contributed by atoms with E-state index in [4.69, 9.17) is 0 Å². The predicted octanol–water partition coefficient (Wildman–Crippen LogP) is 3.20. The Hall–Kier alpha value is -2.65. The van der Waals surface area contributed by atoms with Crippen LogP contribution in [0.5, 0.6) is 0 Å². The molecule has 0 spiro atoms. The zero-order valence-electron chi connectivity index (χ0n) is 15.4. The molecule has 0 radical (unpaired) electrons. The second-order valence-electron chi connectivity index (χ2n) is 6.29. The number of nitro benzene ring substituents is 1. The lowest BCUT2D eigenvalue weighted by atomic mass is 10.1. The van der Waals surface area contributed by atoms with Gasteiger partial charge >= 0.3 is 0 Å². The highest BCUT2D eigenvalue weighted by Crippen LogP contribution is 2.30. The molecule has 3 N–H and O–H groups in total. The second-order valence-corrected chi connectivity index (χ2v) is 7.97. The minimum absolute atomic E-state index is 0.159. The zero-order chi connectivity index (χ0) is 20.2. The van der Waals surface area contributed by atoms with Crippen LogP contribution in [0.15, 0.2) is 41.3 Å². The predicted molar refractivity (Wildman–Crippen MR) is 105 cm³/mol. The van der Waals surface area contributed by atoms with E-state index >= 15 is 0 Å². The smallest absolute Gasteiger partial charge is 0.293 e. The van der Waals surface area contributed by atoms with Gasteiger partial charge < -0.3 is 10.4 Å². The first-order chi connectivity index (χ1) is 12.7. The molecule has 0 saturated carbocycles. The highest BCUT2D eigenvalue weighted by molar-refractivity contribution is 7.92. The van der Waals surface area contributed by atoms with Crippen molar-refractivity contribution < 1.29 is 18.4 Å². The summed E-state index contributed by atoms with van der Waals surface area (Å²) in [5.41, 5.74) is 1.95. The molecule has 8 nitrogen and oxygen atoms in total.